The SMILES string of the molecule is Cc1cccc(Cl)c1NC(=S)NC(=O)C1(C)CC1(Cl)Cl. The first kappa shape index (κ1) is 15.8. The van der Waals surface area contributed by atoms with Gasteiger partial charge in [-0.3, -0.25) is 4.79 Å². The fourth-order valence-corrected chi connectivity index (χ4v) is 2.99. The Balaban J connectivity index is 2.02. The van der Waals surface area contributed by atoms with Gasteiger partial charge in [0.2, 0.25) is 5.91 Å². The van der Waals surface area contributed by atoms with Crippen molar-refractivity contribution in [2.24, 2.45) is 5.41 Å². The number of hydrogen-bond donors (Lipinski definition) is 2. The highest BCUT2D eigenvalue weighted by Crippen LogP contribution is 2.63. The normalized spacial score (nSPS) is 23.1. The number of halogens is 3. The molecule has 0 aromatic heterocycles. The third kappa shape index (κ3) is 2.89. The number of carbonyl (C=O) groups is 1. The first-order valence-electron chi connectivity index (χ1n) is 5.93. The van der Waals surface area contributed by atoms with Crippen LogP contribution in [0, 0.1) is 12.3 Å². The summed E-state index contributed by atoms with van der Waals surface area (Å²) in [5.74, 6) is -0.301. The van der Waals surface area contributed by atoms with Crippen LogP contribution < -0.4 is 10.6 Å². The summed E-state index contributed by atoms with van der Waals surface area (Å²) in [6.45, 7) is 3.59. The molecule has 1 aliphatic rings. The van der Waals surface area contributed by atoms with E-state index in [1.165, 1.54) is 0 Å². The van der Waals surface area contributed by atoms with Crippen LogP contribution >= 0.6 is 47.0 Å². The van der Waals surface area contributed by atoms with Gasteiger partial charge in [-0.1, -0.05) is 23.7 Å². The van der Waals surface area contributed by atoms with E-state index in [2.05, 4.69) is 10.6 Å². The Kier molecular flexibility index (Phi) is 4.22. The summed E-state index contributed by atoms with van der Waals surface area (Å²) < 4.78 is -1.02. The summed E-state index contributed by atoms with van der Waals surface area (Å²) in [7, 11) is 0. The minimum atomic E-state index is -1.02. The number of nitrogens with one attached hydrogen (secondary N) is 2. The third-order valence-electron chi connectivity index (χ3n) is 3.45. The maximum Gasteiger partial charge on any atom is 0.235 e. The number of amides is 1. The van der Waals surface area contributed by atoms with E-state index in [9.17, 15) is 4.79 Å². The topological polar surface area (TPSA) is 41.1 Å². The zero-order chi connectivity index (χ0) is 15.1. The number of hydrogen-bond acceptors (Lipinski definition) is 2. The molecule has 1 saturated carbocycles. The highest BCUT2D eigenvalue weighted by Gasteiger charge is 2.68. The number of thiocarbonyl (C=S) groups is 1. The second-order valence-corrected chi connectivity index (χ2v) is 7.35. The first-order chi connectivity index (χ1) is 9.17. The van der Waals surface area contributed by atoms with Gasteiger partial charge in [0.15, 0.2) is 5.11 Å². The van der Waals surface area contributed by atoms with Crippen LogP contribution in [0.2, 0.25) is 5.02 Å². The standard InChI is InChI=1S/C13H13Cl3N2OS/c1-7-4-3-5-8(14)9(7)17-11(20)18-10(19)12(2)6-13(12,15)16/h3-5H,6H2,1-2H3,(H2,17,18,19,20). The molecule has 1 amide bonds. The van der Waals surface area contributed by atoms with Gasteiger partial charge in [0.25, 0.3) is 0 Å². The molecule has 1 unspecified atom stereocenters. The van der Waals surface area contributed by atoms with Crippen molar-refractivity contribution in [3.8, 4) is 0 Å². The van der Waals surface area contributed by atoms with Crippen LogP contribution in [0.1, 0.15) is 18.9 Å². The van der Waals surface area contributed by atoms with Crippen LogP contribution in [0.4, 0.5) is 5.69 Å². The van der Waals surface area contributed by atoms with Gasteiger partial charge in [-0.05, 0) is 44.1 Å². The second kappa shape index (κ2) is 5.34. The molecule has 0 radical (unpaired) electrons. The lowest BCUT2D eigenvalue weighted by Crippen LogP contribution is -2.40. The van der Waals surface area contributed by atoms with E-state index in [0.29, 0.717) is 17.1 Å². The van der Waals surface area contributed by atoms with Crippen LogP contribution in [-0.4, -0.2) is 15.4 Å². The average molecular weight is 352 g/mol. The molecule has 0 spiro atoms. The highest BCUT2D eigenvalue weighted by atomic mass is 35.5. The summed E-state index contributed by atoms with van der Waals surface area (Å²) in [6.07, 6.45) is 0.405. The van der Waals surface area contributed by atoms with Gasteiger partial charge in [-0.2, -0.15) is 0 Å². The van der Waals surface area contributed by atoms with Crippen molar-refractivity contribution in [3.05, 3.63) is 28.8 Å². The van der Waals surface area contributed by atoms with E-state index in [-0.39, 0.29) is 11.0 Å². The molecule has 3 nitrogen and oxygen atoms in total. The number of para-hydroxylation sites is 1. The fraction of sp³-hybridized carbons (Fsp3) is 0.385. The van der Waals surface area contributed by atoms with Crippen molar-refractivity contribution in [3.63, 3.8) is 0 Å². The Labute approximate surface area is 138 Å². The molecule has 1 aliphatic carbocycles. The molecule has 1 aromatic rings. The molecule has 1 atom stereocenters. The predicted molar refractivity (Wildman–Crippen MR) is 87.7 cm³/mol. The molecule has 1 aromatic carbocycles. The van der Waals surface area contributed by atoms with Crippen molar-refractivity contribution >= 4 is 63.7 Å². The lowest BCUT2D eigenvalue weighted by Gasteiger charge is -2.16. The summed E-state index contributed by atoms with van der Waals surface area (Å²) >= 11 is 23.1. The second-order valence-electron chi connectivity index (χ2n) is 5.05. The molecule has 20 heavy (non-hydrogen) atoms. The zero-order valence-electron chi connectivity index (χ0n) is 10.9. The maximum atomic E-state index is 12.1. The van der Waals surface area contributed by atoms with Crippen LogP contribution in [0.25, 0.3) is 0 Å². The summed E-state index contributed by atoms with van der Waals surface area (Å²) in [4.78, 5) is 12.1. The minimum Gasteiger partial charge on any atom is -0.331 e. The van der Waals surface area contributed by atoms with Gasteiger partial charge in [-0.15, -0.1) is 23.2 Å². The van der Waals surface area contributed by atoms with E-state index in [4.69, 9.17) is 47.0 Å². The quantitative estimate of drug-likeness (QED) is 0.624. The smallest absolute Gasteiger partial charge is 0.235 e. The largest absolute Gasteiger partial charge is 0.331 e. The van der Waals surface area contributed by atoms with Gasteiger partial charge < -0.3 is 10.6 Å². The number of rotatable bonds is 2. The highest BCUT2D eigenvalue weighted by molar-refractivity contribution is 7.80. The fourth-order valence-electron chi connectivity index (χ4n) is 1.82. The molecular weight excluding hydrogens is 339 g/mol. The minimum absolute atomic E-state index is 0.170. The number of alkyl halides is 2. The van der Waals surface area contributed by atoms with Crippen LogP contribution in [-0.2, 0) is 4.79 Å². The van der Waals surface area contributed by atoms with Crippen molar-refractivity contribution in [1.82, 2.24) is 5.32 Å². The molecule has 2 N–H and O–H groups in total. The van der Waals surface area contributed by atoms with Crippen molar-refractivity contribution in [2.45, 2.75) is 24.6 Å². The predicted octanol–water partition coefficient (Wildman–Crippen LogP) is 4.05. The van der Waals surface area contributed by atoms with Crippen molar-refractivity contribution in [2.75, 3.05) is 5.32 Å². The van der Waals surface area contributed by atoms with E-state index in [0.717, 1.165) is 5.56 Å². The van der Waals surface area contributed by atoms with E-state index < -0.39 is 9.75 Å². The first-order valence-corrected chi connectivity index (χ1v) is 7.47. The molecule has 2 rings (SSSR count). The molecule has 108 valence electrons. The molecule has 0 saturated heterocycles. The Bertz CT molecular complexity index is 571. The molecule has 1 fully saturated rings. The van der Waals surface area contributed by atoms with Crippen LogP contribution in [0.15, 0.2) is 18.2 Å². The Morgan fingerprint density at radius 1 is 1.40 bits per heavy atom. The van der Waals surface area contributed by atoms with Gasteiger partial charge >= 0.3 is 0 Å². The Morgan fingerprint density at radius 3 is 2.50 bits per heavy atom. The van der Waals surface area contributed by atoms with Crippen molar-refractivity contribution in [1.29, 1.82) is 0 Å². The molecule has 0 heterocycles. The number of carbonyl (C=O) groups excluding carboxylic acids is 1. The number of aryl methyl sites for hydroxylation is 1. The Hall–Kier alpha value is -0.550. The monoisotopic (exact) mass is 350 g/mol. The zero-order valence-corrected chi connectivity index (χ0v) is 14.0. The molecule has 0 aliphatic heterocycles. The maximum absolute atomic E-state index is 12.1. The summed E-state index contributed by atoms with van der Waals surface area (Å²) in [5, 5.41) is 6.21. The van der Waals surface area contributed by atoms with Gasteiger partial charge in [-0.25, -0.2) is 0 Å². The van der Waals surface area contributed by atoms with Gasteiger partial charge in [0.05, 0.1) is 16.1 Å². The van der Waals surface area contributed by atoms with E-state index in [1.54, 1.807) is 13.0 Å². The number of anilines is 1. The number of benzene rings is 1. The molecular formula is C13H13Cl3N2OS. The molecule has 7 heteroatoms. The van der Waals surface area contributed by atoms with Crippen molar-refractivity contribution < 1.29 is 4.79 Å². The van der Waals surface area contributed by atoms with E-state index in [1.807, 2.05) is 19.1 Å². The lowest BCUT2D eigenvalue weighted by molar-refractivity contribution is -0.124. The molecule has 0 bridgehead atoms. The lowest BCUT2D eigenvalue weighted by atomic mass is 10.1. The van der Waals surface area contributed by atoms with Crippen LogP contribution in [0.3, 0.4) is 0 Å². The van der Waals surface area contributed by atoms with Gasteiger partial charge in [0, 0.05) is 0 Å². The summed E-state index contributed by atoms with van der Waals surface area (Å²) in [5.41, 5.74) is 0.788. The Morgan fingerprint density at radius 2 is 2.00 bits per heavy atom. The van der Waals surface area contributed by atoms with Crippen LogP contribution in [0.5, 0.6) is 0 Å². The average Bonchev–Trinajstić information content (AvgIpc) is 2.85. The van der Waals surface area contributed by atoms with E-state index >= 15 is 0 Å². The van der Waals surface area contributed by atoms with Gasteiger partial charge in [0.1, 0.15) is 4.33 Å². The third-order valence-corrected chi connectivity index (χ3v) is 5.07. The summed E-state index contributed by atoms with van der Waals surface area (Å²) in [6, 6.07) is 5.47.